The van der Waals surface area contributed by atoms with Crippen LogP contribution in [0.3, 0.4) is 0 Å². The van der Waals surface area contributed by atoms with Crippen molar-refractivity contribution in [1.29, 1.82) is 0 Å². The molecule has 35 heavy (non-hydrogen) atoms. The van der Waals surface area contributed by atoms with Gasteiger partial charge in [0.2, 0.25) is 11.0 Å². The lowest BCUT2D eigenvalue weighted by atomic mass is 10.2. The van der Waals surface area contributed by atoms with Gasteiger partial charge in [0.15, 0.2) is 0 Å². The standard InChI is InChI=1S/C23H24ClN5O5S/c1-33-15-11-14(12-16(13-15)34-2)21(31)25-9-7-19(30)27-23-29-28-20(35-23)8-10-26-22(32)17-5-3-4-6-18(17)24/h3-6,11-13H,7-10H2,1-2H3,(H,25,31)(H,26,32)(H,27,29,30). The molecule has 184 valence electrons. The maximum atomic E-state index is 12.4. The second kappa shape index (κ2) is 12.7. The van der Waals surface area contributed by atoms with Crippen molar-refractivity contribution in [2.45, 2.75) is 12.8 Å². The van der Waals surface area contributed by atoms with Gasteiger partial charge in [0, 0.05) is 37.6 Å². The Balaban J connectivity index is 1.40. The summed E-state index contributed by atoms with van der Waals surface area (Å²) in [5.74, 6) is 0.0313. The van der Waals surface area contributed by atoms with Crippen molar-refractivity contribution in [2.75, 3.05) is 32.6 Å². The van der Waals surface area contributed by atoms with Gasteiger partial charge in [-0.2, -0.15) is 0 Å². The molecule has 0 saturated carbocycles. The number of carbonyl (C=O) groups excluding carboxylic acids is 3. The van der Waals surface area contributed by atoms with Crippen LogP contribution in [0, 0.1) is 0 Å². The lowest BCUT2D eigenvalue weighted by Crippen LogP contribution is -2.27. The molecular weight excluding hydrogens is 494 g/mol. The molecule has 0 saturated heterocycles. The Morgan fingerprint density at radius 1 is 0.943 bits per heavy atom. The van der Waals surface area contributed by atoms with Gasteiger partial charge in [0.25, 0.3) is 11.8 Å². The van der Waals surface area contributed by atoms with Crippen LogP contribution in [0.15, 0.2) is 42.5 Å². The smallest absolute Gasteiger partial charge is 0.252 e. The zero-order valence-corrected chi connectivity index (χ0v) is 20.7. The summed E-state index contributed by atoms with van der Waals surface area (Å²) in [4.78, 5) is 36.8. The fourth-order valence-corrected chi connectivity index (χ4v) is 3.92. The van der Waals surface area contributed by atoms with Crippen molar-refractivity contribution >= 4 is 45.8 Å². The normalized spacial score (nSPS) is 10.4. The second-order valence-electron chi connectivity index (χ2n) is 7.14. The maximum absolute atomic E-state index is 12.4. The highest BCUT2D eigenvalue weighted by Gasteiger charge is 2.13. The highest BCUT2D eigenvalue weighted by molar-refractivity contribution is 7.15. The minimum absolute atomic E-state index is 0.0512. The minimum atomic E-state index is -0.355. The molecule has 0 aliphatic carbocycles. The van der Waals surface area contributed by atoms with Crippen LogP contribution in [-0.2, 0) is 11.2 Å². The van der Waals surface area contributed by atoms with E-state index < -0.39 is 0 Å². The molecule has 0 radical (unpaired) electrons. The van der Waals surface area contributed by atoms with Gasteiger partial charge in [0.1, 0.15) is 16.5 Å². The van der Waals surface area contributed by atoms with E-state index in [0.29, 0.717) is 50.8 Å². The number of methoxy groups -OCH3 is 2. The molecule has 0 fully saturated rings. The Morgan fingerprint density at radius 2 is 1.63 bits per heavy atom. The number of rotatable bonds is 11. The zero-order valence-electron chi connectivity index (χ0n) is 19.1. The number of halogens is 1. The van der Waals surface area contributed by atoms with Crippen LogP contribution in [-0.4, -0.2) is 55.2 Å². The third kappa shape index (κ3) is 7.66. The van der Waals surface area contributed by atoms with Gasteiger partial charge in [-0.3, -0.25) is 14.4 Å². The van der Waals surface area contributed by atoms with Gasteiger partial charge >= 0.3 is 0 Å². The Labute approximate surface area is 211 Å². The summed E-state index contributed by atoms with van der Waals surface area (Å²) in [7, 11) is 2.99. The van der Waals surface area contributed by atoms with E-state index in [1.54, 1.807) is 42.5 Å². The molecule has 3 N–H and O–H groups in total. The SMILES string of the molecule is COc1cc(OC)cc(C(=O)NCCC(=O)Nc2nnc(CCNC(=O)c3ccccc3Cl)s2)c1. The van der Waals surface area contributed by atoms with Gasteiger partial charge in [-0.05, 0) is 24.3 Å². The lowest BCUT2D eigenvalue weighted by molar-refractivity contribution is -0.116. The summed E-state index contributed by atoms with van der Waals surface area (Å²) in [6, 6.07) is 11.6. The molecule has 3 aromatic rings. The summed E-state index contributed by atoms with van der Waals surface area (Å²) in [6.45, 7) is 0.470. The number of amides is 3. The lowest BCUT2D eigenvalue weighted by Gasteiger charge is -2.09. The average molecular weight is 518 g/mol. The number of carbonyl (C=O) groups is 3. The third-order valence-electron chi connectivity index (χ3n) is 4.71. The van der Waals surface area contributed by atoms with Gasteiger partial charge in [0.05, 0.1) is 24.8 Å². The molecule has 0 aliphatic heterocycles. The van der Waals surface area contributed by atoms with Gasteiger partial charge < -0.3 is 25.4 Å². The minimum Gasteiger partial charge on any atom is -0.497 e. The monoisotopic (exact) mass is 517 g/mol. The molecule has 3 amide bonds. The van der Waals surface area contributed by atoms with Crippen LogP contribution >= 0.6 is 22.9 Å². The first-order valence-corrected chi connectivity index (χ1v) is 11.7. The fraction of sp³-hybridized carbons (Fsp3) is 0.261. The van der Waals surface area contributed by atoms with Crippen molar-refractivity contribution in [3.63, 3.8) is 0 Å². The molecule has 12 heteroatoms. The highest BCUT2D eigenvalue weighted by atomic mass is 35.5. The van der Waals surface area contributed by atoms with Gasteiger partial charge in [-0.25, -0.2) is 0 Å². The first-order chi connectivity index (χ1) is 16.9. The number of hydrogen-bond donors (Lipinski definition) is 3. The maximum Gasteiger partial charge on any atom is 0.252 e. The first-order valence-electron chi connectivity index (χ1n) is 10.6. The summed E-state index contributed by atoms with van der Waals surface area (Å²) in [5, 5.41) is 17.5. The number of nitrogens with zero attached hydrogens (tertiary/aromatic N) is 2. The molecule has 0 spiro atoms. The van der Waals surface area contributed by atoms with E-state index in [-0.39, 0.29) is 30.7 Å². The summed E-state index contributed by atoms with van der Waals surface area (Å²) < 4.78 is 10.3. The van der Waals surface area contributed by atoms with E-state index in [9.17, 15) is 14.4 Å². The molecule has 0 bridgehead atoms. The number of ether oxygens (including phenoxy) is 2. The third-order valence-corrected chi connectivity index (χ3v) is 5.94. The summed E-state index contributed by atoms with van der Waals surface area (Å²) in [5.41, 5.74) is 0.758. The van der Waals surface area contributed by atoms with Crippen LogP contribution in [0.1, 0.15) is 32.1 Å². The van der Waals surface area contributed by atoms with Crippen LogP contribution < -0.4 is 25.4 Å². The predicted octanol–water partition coefficient (Wildman–Crippen LogP) is 2.94. The summed E-state index contributed by atoms with van der Waals surface area (Å²) >= 11 is 7.23. The number of aromatic nitrogens is 2. The Morgan fingerprint density at radius 3 is 2.31 bits per heavy atom. The molecule has 1 heterocycles. The van der Waals surface area contributed by atoms with Crippen LogP contribution in [0.2, 0.25) is 5.02 Å². The predicted molar refractivity (Wildman–Crippen MR) is 133 cm³/mol. The fourth-order valence-electron chi connectivity index (χ4n) is 2.94. The highest BCUT2D eigenvalue weighted by Crippen LogP contribution is 2.22. The quantitative estimate of drug-likeness (QED) is 0.356. The van der Waals surface area contributed by atoms with E-state index in [4.69, 9.17) is 21.1 Å². The summed E-state index contributed by atoms with van der Waals surface area (Å²) in [6.07, 6.45) is 0.499. The largest absolute Gasteiger partial charge is 0.497 e. The Hall–Kier alpha value is -3.70. The van der Waals surface area contributed by atoms with E-state index in [1.165, 1.54) is 25.6 Å². The Bertz CT molecular complexity index is 1180. The number of anilines is 1. The van der Waals surface area contributed by atoms with Crippen molar-refractivity contribution in [3.8, 4) is 11.5 Å². The molecule has 0 aliphatic rings. The molecule has 0 unspecified atom stereocenters. The first kappa shape index (κ1) is 25.9. The van der Waals surface area contributed by atoms with E-state index >= 15 is 0 Å². The van der Waals surface area contributed by atoms with Gasteiger partial charge in [-0.1, -0.05) is 35.1 Å². The van der Waals surface area contributed by atoms with Crippen molar-refractivity contribution < 1.29 is 23.9 Å². The van der Waals surface area contributed by atoms with Crippen molar-refractivity contribution in [3.05, 3.63) is 63.6 Å². The molecule has 2 aromatic carbocycles. The molecule has 0 atom stereocenters. The average Bonchev–Trinajstić information content (AvgIpc) is 3.30. The topological polar surface area (TPSA) is 132 Å². The van der Waals surface area contributed by atoms with Crippen LogP contribution in [0.4, 0.5) is 5.13 Å². The van der Waals surface area contributed by atoms with Crippen molar-refractivity contribution in [1.82, 2.24) is 20.8 Å². The molecule has 1 aromatic heterocycles. The number of nitrogens with one attached hydrogen (secondary N) is 3. The van der Waals surface area contributed by atoms with E-state index in [1.807, 2.05) is 0 Å². The number of benzene rings is 2. The molecular formula is C23H24ClN5O5S. The van der Waals surface area contributed by atoms with E-state index in [2.05, 4.69) is 26.1 Å². The Kier molecular flexibility index (Phi) is 9.39. The van der Waals surface area contributed by atoms with Crippen molar-refractivity contribution in [2.24, 2.45) is 0 Å². The zero-order chi connectivity index (χ0) is 25.2. The van der Waals surface area contributed by atoms with Crippen LogP contribution in [0.25, 0.3) is 0 Å². The molecule has 10 nitrogen and oxygen atoms in total. The second-order valence-corrected chi connectivity index (χ2v) is 8.61. The van der Waals surface area contributed by atoms with Gasteiger partial charge in [-0.15, -0.1) is 10.2 Å². The van der Waals surface area contributed by atoms with E-state index in [0.717, 1.165) is 0 Å². The van der Waals surface area contributed by atoms with Crippen LogP contribution in [0.5, 0.6) is 11.5 Å². The molecule has 3 rings (SSSR count). The number of hydrogen-bond acceptors (Lipinski definition) is 8.